The molecule has 0 aliphatic carbocycles. The van der Waals surface area contributed by atoms with E-state index in [1.807, 2.05) is 0 Å². The van der Waals surface area contributed by atoms with Crippen molar-refractivity contribution < 1.29 is 28.6 Å². The number of hydrogen-bond acceptors (Lipinski definition) is 7. The van der Waals surface area contributed by atoms with E-state index in [4.69, 9.17) is 4.74 Å². The Hall–Kier alpha value is -2.96. The lowest BCUT2D eigenvalue weighted by molar-refractivity contribution is -0.156. The number of rotatable bonds is 5. The van der Waals surface area contributed by atoms with Crippen molar-refractivity contribution in [2.75, 3.05) is 14.2 Å². The average molecular weight is 317 g/mol. The molecule has 1 aliphatic heterocycles. The zero-order chi connectivity index (χ0) is 17.0. The fourth-order valence-electron chi connectivity index (χ4n) is 2.13. The summed E-state index contributed by atoms with van der Waals surface area (Å²) in [4.78, 5) is 40.1. The standard InChI is InChI=1S/C16H15NO6/c1-10(13(18)21-2)9-16(14(19)22-3)15(20)23-12(17-16)11-7-5-4-6-8-11/h4-8H,1,9H2,2-3H3. The van der Waals surface area contributed by atoms with Crippen LogP contribution in [0, 0.1) is 0 Å². The monoisotopic (exact) mass is 317 g/mol. The summed E-state index contributed by atoms with van der Waals surface area (Å²) in [5, 5.41) is 0. The number of carbonyl (C=O) groups is 3. The summed E-state index contributed by atoms with van der Waals surface area (Å²) in [7, 11) is 2.29. The molecule has 2 rings (SSSR count). The Balaban J connectivity index is 2.44. The van der Waals surface area contributed by atoms with Crippen LogP contribution < -0.4 is 0 Å². The van der Waals surface area contributed by atoms with Crippen LogP contribution in [0.2, 0.25) is 0 Å². The summed E-state index contributed by atoms with van der Waals surface area (Å²) in [6.45, 7) is 3.52. The van der Waals surface area contributed by atoms with Gasteiger partial charge in [0, 0.05) is 17.6 Å². The molecule has 1 heterocycles. The number of carbonyl (C=O) groups excluding carboxylic acids is 3. The van der Waals surface area contributed by atoms with Crippen molar-refractivity contribution in [1.29, 1.82) is 0 Å². The molecule has 0 N–H and O–H groups in total. The van der Waals surface area contributed by atoms with Gasteiger partial charge in [-0.2, -0.15) is 0 Å². The van der Waals surface area contributed by atoms with Crippen molar-refractivity contribution in [3.05, 3.63) is 48.0 Å². The molecule has 0 amide bonds. The van der Waals surface area contributed by atoms with Crippen molar-refractivity contribution in [1.82, 2.24) is 0 Å². The van der Waals surface area contributed by atoms with E-state index >= 15 is 0 Å². The Morgan fingerprint density at radius 1 is 1.22 bits per heavy atom. The lowest BCUT2D eigenvalue weighted by atomic mass is 9.92. The second-order valence-electron chi connectivity index (χ2n) is 4.80. The van der Waals surface area contributed by atoms with Gasteiger partial charge in [0.1, 0.15) is 0 Å². The number of cyclic esters (lactones) is 1. The van der Waals surface area contributed by atoms with E-state index in [2.05, 4.69) is 21.0 Å². The van der Waals surface area contributed by atoms with Gasteiger partial charge in [-0.1, -0.05) is 24.8 Å². The summed E-state index contributed by atoms with van der Waals surface area (Å²) in [6, 6.07) is 8.60. The first-order chi connectivity index (χ1) is 10.9. The number of methoxy groups -OCH3 is 2. The van der Waals surface area contributed by atoms with Crippen LogP contribution in [-0.2, 0) is 28.6 Å². The van der Waals surface area contributed by atoms with Gasteiger partial charge in [-0.05, 0) is 12.1 Å². The predicted octanol–water partition coefficient (Wildman–Crippen LogP) is 1.02. The molecule has 120 valence electrons. The summed E-state index contributed by atoms with van der Waals surface area (Å²) in [5.41, 5.74) is -1.56. The number of hydrogen-bond donors (Lipinski definition) is 0. The van der Waals surface area contributed by atoms with Crippen molar-refractivity contribution in [2.24, 2.45) is 4.99 Å². The highest BCUT2D eigenvalue weighted by molar-refractivity contribution is 6.17. The van der Waals surface area contributed by atoms with Crippen LogP contribution in [0.15, 0.2) is 47.5 Å². The second kappa shape index (κ2) is 6.43. The third-order valence-electron chi connectivity index (χ3n) is 3.31. The average Bonchev–Trinajstić information content (AvgIpc) is 2.91. The molecule has 0 bridgehead atoms. The summed E-state index contributed by atoms with van der Waals surface area (Å²) in [6.07, 6.45) is -0.387. The van der Waals surface area contributed by atoms with Gasteiger partial charge < -0.3 is 14.2 Å². The van der Waals surface area contributed by atoms with Gasteiger partial charge in [-0.15, -0.1) is 0 Å². The van der Waals surface area contributed by atoms with Gasteiger partial charge in [-0.3, -0.25) is 0 Å². The van der Waals surface area contributed by atoms with Gasteiger partial charge in [0.15, 0.2) is 0 Å². The molecule has 0 aromatic heterocycles. The van der Waals surface area contributed by atoms with E-state index in [1.165, 1.54) is 7.11 Å². The zero-order valence-electron chi connectivity index (χ0n) is 12.7. The lowest BCUT2D eigenvalue weighted by Gasteiger charge is -2.19. The Morgan fingerprint density at radius 3 is 2.43 bits per heavy atom. The van der Waals surface area contributed by atoms with Crippen LogP contribution in [0.25, 0.3) is 0 Å². The minimum Gasteiger partial charge on any atom is -0.467 e. The molecule has 0 saturated heterocycles. The highest BCUT2D eigenvalue weighted by Crippen LogP contribution is 2.31. The quantitative estimate of drug-likeness (QED) is 0.348. The first-order valence-electron chi connectivity index (χ1n) is 6.66. The minimum atomic E-state index is -1.99. The number of esters is 3. The van der Waals surface area contributed by atoms with Crippen LogP contribution in [0.3, 0.4) is 0 Å². The van der Waals surface area contributed by atoms with Crippen LogP contribution in [0.1, 0.15) is 12.0 Å². The molecule has 1 aromatic rings. The minimum absolute atomic E-state index is 0.0151. The fourth-order valence-corrected chi connectivity index (χ4v) is 2.13. The molecule has 1 atom stereocenters. The number of aliphatic imine (C=N–C) groups is 1. The molecule has 1 unspecified atom stereocenters. The summed E-state index contributed by atoms with van der Waals surface area (Å²) < 4.78 is 14.3. The third-order valence-corrected chi connectivity index (χ3v) is 3.31. The Bertz CT molecular complexity index is 694. The van der Waals surface area contributed by atoms with E-state index in [0.717, 1.165) is 7.11 Å². The van der Waals surface area contributed by atoms with Crippen LogP contribution in [-0.4, -0.2) is 43.6 Å². The molecule has 1 aromatic carbocycles. The molecule has 7 nitrogen and oxygen atoms in total. The number of nitrogens with zero attached hydrogens (tertiary/aromatic N) is 1. The normalized spacial score (nSPS) is 19.6. The number of ether oxygens (including phenoxy) is 3. The molecule has 0 spiro atoms. The lowest BCUT2D eigenvalue weighted by Crippen LogP contribution is -2.44. The maximum atomic E-state index is 12.3. The van der Waals surface area contributed by atoms with Gasteiger partial charge >= 0.3 is 17.9 Å². The Kier molecular flexibility index (Phi) is 4.59. The van der Waals surface area contributed by atoms with E-state index in [-0.39, 0.29) is 17.9 Å². The topological polar surface area (TPSA) is 91.3 Å². The van der Waals surface area contributed by atoms with Crippen molar-refractivity contribution in [3.8, 4) is 0 Å². The highest BCUT2D eigenvalue weighted by atomic mass is 16.6. The van der Waals surface area contributed by atoms with Gasteiger partial charge in [0.2, 0.25) is 5.90 Å². The molecular weight excluding hydrogens is 302 g/mol. The van der Waals surface area contributed by atoms with Crippen LogP contribution in [0.5, 0.6) is 0 Å². The zero-order valence-corrected chi connectivity index (χ0v) is 12.7. The molecular formula is C16H15NO6. The first kappa shape index (κ1) is 16.4. The molecule has 7 heteroatoms. The summed E-state index contributed by atoms with van der Waals surface area (Å²) >= 11 is 0. The number of benzene rings is 1. The van der Waals surface area contributed by atoms with E-state index in [1.54, 1.807) is 30.3 Å². The smallest absolute Gasteiger partial charge is 0.353 e. The largest absolute Gasteiger partial charge is 0.467 e. The fraction of sp³-hybridized carbons (Fsp3) is 0.250. The second-order valence-corrected chi connectivity index (χ2v) is 4.80. The van der Waals surface area contributed by atoms with E-state index < -0.39 is 23.4 Å². The van der Waals surface area contributed by atoms with Gasteiger partial charge in [0.25, 0.3) is 5.54 Å². The van der Waals surface area contributed by atoms with Crippen molar-refractivity contribution in [2.45, 2.75) is 12.0 Å². The molecule has 1 aliphatic rings. The molecule has 0 radical (unpaired) electrons. The van der Waals surface area contributed by atoms with Crippen molar-refractivity contribution >= 4 is 23.8 Å². The third kappa shape index (κ3) is 2.98. The highest BCUT2D eigenvalue weighted by Gasteiger charge is 2.55. The van der Waals surface area contributed by atoms with Gasteiger partial charge in [-0.25, -0.2) is 19.4 Å². The Labute approximate surface area is 132 Å². The van der Waals surface area contributed by atoms with Crippen LogP contribution >= 0.6 is 0 Å². The SMILES string of the molecule is C=C(CC1(C(=O)OC)N=C(c2ccccc2)OC1=O)C(=O)OC. The van der Waals surface area contributed by atoms with Gasteiger partial charge in [0.05, 0.1) is 14.2 Å². The summed E-state index contributed by atoms with van der Waals surface area (Å²) in [5.74, 6) is -2.62. The maximum absolute atomic E-state index is 12.3. The Morgan fingerprint density at radius 2 is 1.87 bits per heavy atom. The van der Waals surface area contributed by atoms with Crippen LogP contribution in [0.4, 0.5) is 0 Å². The first-order valence-corrected chi connectivity index (χ1v) is 6.66. The predicted molar refractivity (Wildman–Crippen MR) is 79.6 cm³/mol. The van der Waals surface area contributed by atoms with E-state index in [9.17, 15) is 14.4 Å². The maximum Gasteiger partial charge on any atom is 0.353 e. The molecule has 0 saturated carbocycles. The molecule has 0 fully saturated rings. The van der Waals surface area contributed by atoms with E-state index in [0.29, 0.717) is 5.56 Å². The molecule has 23 heavy (non-hydrogen) atoms. The van der Waals surface area contributed by atoms with Crippen molar-refractivity contribution in [3.63, 3.8) is 0 Å².